The molecule has 0 heterocycles. The van der Waals surface area contributed by atoms with Crippen LogP contribution in [0, 0.1) is 0 Å². The van der Waals surface area contributed by atoms with Gasteiger partial charge in [-0.3, -0.25) is 4.79 Å². The van der Waals surface area contributed by atoms with Crippen LogP contribution in [0.4, 0.5) is 0 Å². The van der Waals surface area contributed by atoms with E-state index in [1.165, 1.54) is 32.8 Å². The number of hydrogen-bond donors (Lipinski definition) is 1. The Morgan fingerprint density at radius 2 is 2.05 bits per heavy atom. The molecule has 1 saturated carbocycles. The van der Waals surface area contributed by atoms with Gasteiger partial charge in [-0.05, 0) is 32.2 Å². The van der Waals surface area contributed by atoms with Crippen molar-refractivity contribution in [1.29, 1.82) is 0 Å². The lowest BCUT2D eigenvalue weighted by atomic mass is 10.1. The molecule has 0 radical (unpaired) electrons. The highest BCUT2D eigenvalue weighted by Gasteiger charge is 2.29. The first kappa shape index (κ1) is 16.4. The maximum absolute atomic E-state index is 11.8. The molecule has 1 aliphatic rings. The van der Waals surface area contributed by atoms with Crippen molar-refractivity contribution in [3.63, 3.8) is 0 Å². The van der Waals surface area contributed by atoms with Gasteiger partial charge in [0.2, 0.25) is 0 Å². The van der Waals surface area contributed by atoms with Crippen LogP contribution in [0.5, 0.6) is 0 Å². The van der Waals surface area contributed by atoms with Gasteiger partial charge >= 0.3 is 5.97 Å². The van der Waals surface area contributed by atoms with Gasteiger partial charge in [-0.15, -0.1) is 0 Å². The molecule has 0 aromatic rings. The molecule has 1 fully saturated rings. The summed E-state index contributed by atoms with van der Waals surface area (Å²) in [5, 5.41) is 3.30. The van der Waals surface area contributed by atoms with Crippen molar-refractivity contribution < 1.29 is 9.53 Å². The molecule has 0 spiro atoms. The van der Waals surface area contributed by atoms with Crippen molar-refractivity contribution in [3.8, 4) is 0 Å². The zero-order chi connectivity index (χ0) is 14.3. The zero-order valence-corrected chi connectivity index (χ0v) is 12.9. The lowest BCUT2D eigenvalue weighted by molar-refractivity contribution is -0.143. The fourth-order valence-electron chi connectivity index (χ4n) is 2.39. The van der Waals surface area contributed by atoms with Crippen molar-refractivity contribution in [2.75, 3.05) is 20.2 Å². The summed E-state index contributed by atoms with van der Waals surface area (Å²) in [6.07, 6.45) is 5.96. The highest BCUT2D eigenvalue weighted by Crippen LogP contribution is 2.27. The first-order valence-electron chi connectivity index (χ1n) is 7.66. The number of nitrogens with one attached hydrogen (secondary N) is 1. The van der Waals surface area contributed by atoms with Gasteiger partial charge in [0.25, 0.3) is 0 Å². The summed E-state index contributed by atoms with van der Waals surface area (Å²) in [7, 11) is 1.47. The van der Waals surface area contributed by atoms with Crippen LogP contribution in [0.1, 0.15) is 52.9 Å². The predicted molar refractivity (Wildman–Crippen MR) is 78.2 cm³/mol. The maximum atomic E-state index is 11.8. The van der Waals surface area contributed by atoms with Gasteiger partial charge in [-0.1, -0.05) is 27.2 Å². The number of methoxy groups -OCH3 is 1. The summed E-state index contributed by atoms with van der Waals surface area (Å²) in [6.45, 7) is 8.50. The van der Waals surface area contributed by atoms with E-state index in [-0.39, 0.29) is 12.0 Å². The molecule has 0 aliphatic heterocycles. The first-order valence-corrected chi connectivity index (χ1v) is 7.66. The standard InChI is InChI=1S/C15H30N2O2/c1-5-6-10-17(13-7-8-13)11-9-14(15(18)19-4)16-12(2)3/h12-14,16H,5-11H2,1-4H3. The van der Waals surface area contributed by atoms with Crippen LogP contribution < -0.4 is 5.32 Å². The number of ether oxygens (including phenoxy) is 1. The van der Waals surface area contributed by atoms with Crippen molar-refractivity contribution in [3.05, 3.63) is 0 Å². The Kier molecular flexibility index (Phi) is 7.39. The Bertz CT molecular complexity index is 265. The molecule has 1 rings (SSSR count). The monoisotopic (exact) mass is 270 g/mol. The molecule has 0 aromatic heterocycles. The fraction of sp³-hybridized carbons (Fsp3) is 0.933. The van der Waals surface area contributed by atoms with Crippen molar-refractivity contribution >= 4 is 5.97 Å². The van der Waals surface area contributed by atoms with E-state index in [1.807, 2.05) is 0 Å². The second-order valence-corrected chi connectivity index (χ2v) is 5.81. The highest BCUT2D eigenvalue weighted by molar-refractivity contribution is 5.75. The summed E-state index contributed by atoms with van der Waals surface area (Å²) in [5.74, 6) is -0.139. The Balaban J connectivity index is 2.40. The van der Waals surface area contributed by atoms with Gasteiger partial charge in [-0.25, -0.2) is 0 Å². The largest absolute Gasteiger partial charge is 0.468 e. The number of carbonyl (C=O) groups excluding carboxylic acids is 1. The van der Waals surface area contributed by atoms with Gasteiger partial charge in [0.05, 0.1) is 7.11 Å². The summed E-state index contributed by atoms with van der Waals surface area (Å²) >= 11 is 0. The van der Waals surface area contributed by atoms with Gasteiger partial charge in [0, 0.05) is 18.6 Å². The lowest BCUT2D eigenvalue weighted by Crippen LogP contribution is -2.44. The fourth-order valence-corrected chi connectivity index (χ4v) is 2.39. The summed E-state index contributed by atoms with van der Waals surface area (Å²) < 4.78 is 4.88. The normalized spacial score (nSPS) is 16.9. The Morgan fingerprint density at radius 3 is 2.53 bits per heavy atom. The van der Waals surface area contributed by atoms with E-state index in [9.17, 15) is 4.79 Å². The molecule has 1 unspecified atom stereocenters. The summed E-state index contributed by atoms with van der Waals surface area (Å²) in [5.41, 5.74) is 0. The zero-order valence-electron chi connectivity index (χ0n) is 12.9. The van der Waals surface area contributed by atoms with E-state index in [2.05, 4.69) is 31.0 Å². The number of carbonyl (C=O) groups is 1. The average molecular weight is 270 g/mol. The van der Waals surface area contributed by atoms with E-state index < -0.39 is 0 Å². The molecular formula is C15H30N2O2. The molecular weight excluding hydrogens is 240 g/mol. The maximum Gasteiger partial charge on any atom is 0.322 e. The third-order valence-electron chi connectivity index (χ3n) is 3.59. The van der Waals surface area contributed by atoms with Crippen LogP contribution in [-0.2, 0) is 9.53 Å². The van der Waals surface area contributed by atoms with Gasteiger partial charge in [-0.2, -0.15) is 0 Å². The quantitative estimate of drug-likeness (QED) is 0.618. The number of unbranched alkanes of at least 4 members (excludes halogenated alkanes) is 1. The molecule has 0 aromatic carbocycles. The molecule has 0 amide bonds. The molecule has 1 aliphatic carbocycles. The van der Waals surface area contributed by atoms with Crippen LogP contribution in [0.15, 0.2) is 0 Å². The minimum atomic E-state index is -0.173. The highest BCUT2D eigenvalue weighted by atomic mass is 16.5. The van der Waals surface area contributed by atoms with E-state index in [4.69, 9.17) is 4.74 Å². The van der Waals surface area contributed by atoms with Crippen LogP contribution in [0.2, 0.25) is 0 Å². The molecule has 112 valence electrons. The Hall–Kier alpha value is -0.610. The molecule has 0 saturated heterocycles. The van der Waals surface area contributed by atoms with Crippen LogP contribution in [0.3, 0.4) is 0 Å². The molecule has 1 atom stereocenters. The van der Waals surface area contributed by atoms with E-state index in [0.29, 0.717) is 6.04 Å². The average Bonchev–Trinajstić information content (AvgIpc) is 3.20. The molecule has 4 nitrogen and oxygen atoms in total. The van der Waals surface area contributed by atoms with E-state index in [0.717, 1.165) is 25.6 Å². The van der Waals surface area contributed by atoms with Gasteiger partial charge in [0.1, 0.15) is 6.04 Å². The minimum absolute atomic E-state index is 0.139. The Labute approximate surface area is 117 Å². The third kappa shape index (κ3) is 6.39. The predicted octanol–water partition coefficient (Wildman–Crippen LogP) is 2.18. The second-order valence-electron chi connectivity index (χ2n) is 5.81. The van der Waals surface area contributed by atoms with Gasteiger partial charge in [0.15, 0.2) is 0 Å². The first-order chi connectivity index (χ1) is 9.08. The van der Waals surface area contributed by atoms with Crippen molar-refractivity contribution in [1.82, 2.24) is 10.2 Å². The lowest BCUT2D eigenvalue weighted by Gasteiger charge is -2.25. The van der Waals surface area contributed by atoms with Crippen LogP contribution in [-0.4, -0.2) is 49.2 Å². The number of esters is 1. The number of nitrogens with zero attached hydrogens (tertiary/aromatic N) is 1. The van der Waals surface area contributed by atoms with E-state index >= 15 is 0 Å². The summed E-state index contributed by atoms with van der Waals surface area (Å²) in [6, 6.07) is 0.894. The smallest absolute Gasteiger partial charge is 0.322 e. The van der Waals surface area contributed by atoms with Crippen molar-refractivity contribution in [2.45, 2.75) is 71.0 Å². The number of rotatable bonds is 10. The third-order valence-corrected chi connectivity index (χ3v) is 3.59. The molecule has 0 bridgehead atoms. The minimum Gasteiger partial charge on any atom is -0.468 e. The summed E-state index contributed by atoms with van der Waals surface area (Å²) in [4.78, 5) is 14.3. The number of hydrogen-bond acceptors (Lipinski definition) is 4. The van der Waals surface area contributed by atoms with Crippen molar-refractivity contribution in [2.24, 2.45) is 0 Å². The molecule has 19 heavy (non-hydrogen) atoms. The Morgan fingerprint density at radius 1 is 1.37 bits per heavy atom. The van der Waals surface area contributed by atoms with Crippen LogP contribution >= 0.6 is 0 Å². The van der Waals surface area contributed by atoms with Gasteiger partial charge < -0.3 is 15.0 Å². The van der Waals surface area contributed by atoms with Crippen LogP contribution in [0.25, 0.3) is 0 Å². The molecule has 4 heteroatoms. The topological polar surface area (TPSA) is 41.6 Å². The SMILES string of the molecule is CCCCN(CCC(NC(C)C)C(=O)OC)C1CC1. The molecule has 1 N–H and O–H groups in total. The van der Waals surface area contributed by atoms with E-state index in [1.54, 1.807) is 0 Å². The second kappa shape index (κ2) is 8.54.